The molecule has 0 amide bonds. The molecule has 1 heteroatoms. The van der Waals surface area contributed by atoms with Gasteiger partial charge in [0.15, 0.2) is 5.78 Å². The van der Waals surface area contributed by atoms with E-state index in [0.29, 0.717) is 24.0 Å². The second-order valence-corrected chi connectivity index (χ2v) is 9.67. The van der Waals surface area contributed by atoms with Gasteiger partial charge < -0.3 is 0 Å². The van der Waals surface area contributed by atoms with Gasteiger partial charge >= 0.3 is 0 Å². The Morgan fingerprint density at radius 1 is 0.931 bits per heavy atom. The first-order valence-electron chi connectivity index (χ1n) is 11.8. The van der Waals surface area contributed by atoms with Crippen molar-refractivity contribution < 1.29 is 4.79 Å². The number of Topliss-reactive ketones (excluding diaryl/α,β-unsaturated/α-hetero) is 1. The van der Waals surface area contributed by atoms with Crippen LogP contribution in [0.2, 0.25) is 0 Å². The van der Waals surface area contributed by atoms with Crippen molar-refractivity contribution in [3.8, 4) is 0 Å². The van der Waals surface area contributed by atoms with Crippen LogP contribution in [0.1, 0.15) is 96.3 Å². The van der Waals surface area contributed by atoms with Crippen molar-refractivity contribution in [2.75, 3.05) is 0 Å². The summed E-state index contributed by atoms with van der Waals surface area (Å²) in [4.78, 5) is 13.3. The van der Waals surface area contributed by atoms with Gasteiger partial charge in [-0.3, -0.25) is 4.79 Å². The molecular weight excluding hydrogens is 352 g/mol. The largest absolute Gasteiger partial charge is 0.294 e. The van der Waals surface area contributed by atoms with Gasteiger partial charge in [0.1, 0.15) is 0 Å². The Kier molecular flexibility index (Phi) is 6.53. The third-order valence-electron chi connectivity index (χ3n) is 7.26. The molecule has 4 rings (SSSR count). The maximum atomic E-state index is 13.3. The fourth-order valence-electron chi connectivity index (χ4n) is 5.15. The minimum atomic E-state index is 0.319. The van der Waals surface area contributed by atoms with Crippen LogP contribution in [0.3, 0.4) is 0 Å². The second kappa shape index (κ2) is 9.28. The van der Waals surface area contributed by atoms with Crippen molar-refractivity contribution in [2.24, 2.45) is 11.8 Å². The number of benzene rings is 2. The number of hydrogen-bond donors (Lipinski definition) is 0. The minimum Gasteiger partial charge on any atom is -0.294 e. The molecule has 0 spiro atoms. The van der Waals surface area contributed by atoms with E-state index in [1.165, 1.54) is 74.5 Å². The number of aryl methyl sites for hydroxylation is 3. The Morgan fingerprint density at radius 3 is 2.34 bits per heavy atom. The zero-order valence-corrected chi connectivity index (χ0v) is 18.3. The molecule has 154 valence electrons. The van der Waals surface area contributed by atoms with Crippen LogP contribution in [0.5, 0.6) is 0 Å². The van der Waals surface area contributed by atoms with Crippen LogP contribution in [0.15, 0.2) is 42.5 Å². The van der Waals surface area contributed by atoms with Crippen LogP contribution in [0.4, 0.5) is 0 Å². The first-order valence-corrected chi connectivity index (χ1v) is 11.8. The molecule has 1 nitrogen and oxygen atoms in total. The van der Waals surface area contributed by atoms with Crippen molar-refractivity contribution in [2.45, 2.75) is 84.0 Å². The van der Waals surface area contributed by atoms with Gasteiger partial charge in [-0.15, -0.1) is 0 Å². The highest BCUT2D eigenvalue weighted by Gasteiger charge is 2.28. The van der Waals surface area contributed by atoms with Crippen molar-refractivity contribution in [1.82, 2.24) is 0 Å². The molecule has 0 unspecified atom stereocenters. The molecule has 0 N–H and O–H groups in total. The monoisotopic (exact) mass is 388 g/mol. The lowest BCUT2D eigenvalue weighted by Crippen LogP contribution is -2.20. The molecule has 0 saturated heterocycles. The first kappa shape index (κ1) is 20.4. The normalized spacial score (nSPS) is 18.6. The van der Waals surface area contributed by atoms with Crippen LogP contribution in [0, 0.1) is 25.7 Å². The fraction of sp³-hybridized carbons (Fsp3) is 0.536. The molecule has 2 saturated carbocycles. The second-order valence-electron chi connectivity index (χ2n) is 9.67. The Labute approximate surface area is 176 Å². The van der Waals surface area contributed by atoms with E-state index in [0.717, 1.165) is 17.0 Å². The molecule has 0 aliphatic heterocycles. The Balaban J connectivity index is 1.52. The molecule has 2 aromatic carbocycles. The highest BCUT2D eigenvalue weighted by molar-refractivity contribution is 5.98. The molecule has 29 heavy (non-hydrogen) atoms. The molecule has 2 aliphatic carbocycles. The smallest absolute Gasteiger partial charge is 0.163 e. The van der Waals surface area contributed by atoms with E-state index in [9.17, 15) is 4.79 Å². The quantitative estimate of drug-likeness (QED) is 0.426. The van der Waals surface area contributed by atoms with E-state index in [1.54, 1.807) is 0 Å². The van der Waals surface area contributed by atoms with E-state index < -0.39 is 0 Å². The third kappa shape index (κ3) is 5.38. The van der Waals surface area contributed by atoms with Gasteiger partial charge in [0.25, 0.3) is 0 Å². The number of ketones is 1. The van der Waals surface area contributed by atoms with Crippen LogP contribution in [0.25, 0.3) is 0 Å². The lowest BCUT2D eigenvalue weighted by molar-refractivity contribution is 0.0957. The highest BCUT2D eigenvalue weighted by atomic mass is 16.1. The Morgan fingerprint density at radius 2 is 1.66 bits per heavy atom. The summed E-state index contributed by atoms with van der Waals surface area (Å²) in [5.74, 6) is 2.31. The lowest BCUT2D eigenvalue weighted by atomic mass is 9.74. The van der Waals surface area contributed by atoms with Crippen LogP contribution in [-0.4, -0.2) is 5.78 Å². The fourth-order valence-corrected chi connectivity index (χ4v) is 5.15. The molecule has 0 bridgehead atoms. The zero-order valence-electron chi connectivity index (χ0n) is 18.3. The van der Waals surface area contributed by atoms with Crippen molar-refractivity contribution in [3.63, 3.8) is 0 Å². The summed E-state index contributed by atoms with van der Waals surface area (Å²) in [6.45, 7) is 4.14. The predicted molar refractivity (Wildman–Crippen MR) is 122 cm³/mol. The average Bonchev–Trinajstić information content (AvgIpc) is 3.58. The van der Waals surface area contributed by atoms with Crippen molar-refractivity contribution in [1.29, 1.82) is 0 Å². The highest BCUT2D eigenvalue weighted by Crippen LogP contribution is 2.39. The van der Waals surface area contributed by atoms with Gasteiger partial charge in [-0.2, -0.15) is 0 Å². The van der Waals surface area contributed by atoms with Crippen molar-refractivity contribution >= 4 is 5.78 Å². The number of hydrogen-bond acceptors (Lipinski definition) is 1. The molecular formula is C28H36O. The van der Waals surface area contributed by atoms with Gasteiger partial charge in [0, 0.05) is 12.0 Å². The minimum absolute atomic E-state index is 0.319. The topological polar surface area (TPSA) is 17.1 Å². The Bertz CT molecular complexity index is 822. The van der Waals surface area contributed by atoms with Gasteiger partial charge in [-0.1, -0.05) is 74.1 Å². The maximum Gasteiger partial charge on any atom is 0.163 e. The number of rotatable bonds is 8. The summed E-state index contributed by atoms with van der Waals surface area (Å²) in [6.07, 6.45) is 12.6. The summed E-state index contributed by atoms with van der Waals surface area (Å²) in [7, 11) is 0. The summed E-state index contributed by atoms with van der Waals surface area (Å²) in [6, 6.07) is 15.6. The number of carbonyl (C=O) groups is 1. The molecule has 0 heterocycles. The van der Waals surface area contributed by atoms with E-state index in [1.807, 2.05) is 0 Å². The average molecular weight is 389 g/mol. The van der Waals surface area contributed by atoms with Crippen LogP contribution in [-0.2, 0) is 6.42 Å². The van der Waals surface area contributed by atoms with E-state index in [4.69, 9.17) is 0 Å². The molecule has 0 radical (unpaired) electrons. The SMILES string of the molecule is Cc1ccc(C)c(C(=O)C[C@@H](c2ccc(CCC3CC3)cc2)C2CCCCC2)c1. The van der Waals surface area contributed by atoms with E-state index in [-0.39, 0.29) is 0 Å². The molecule has 2 aliphatic rings. The molecule has 2 aromatic rings. The van der Waals surface area contributed by atoms with Gasteiger partial charge in [-0.25, -0.2) is 0 Å². The summed E-state index contributed by atoms with van der Waals surface area (Å²) >= 11 is 0. The van der Waals surface area contributed by atoms with Gasteiger partial charge in [-0.05, 0) is 80.0 Å². The lowest BCUT2D eigenvalue weighted by Gasteiger charge is -2.30. The molecule has 0 aromatic heterocycles. The standard InChI is InChI=1S/C28H36O/c1-20-8-9-21(2)26(18-20)28(29)19-27(24-6-4-3-5-7-24)25-16-14-23(15-17-25)13-12-22-10-11-22/h8-9,14-18,22,24,27H,3-7,10-13,19H2,1-2H3/t27-/m1/s1. The predicted octanol–water partition coefficient (Wildman–Crippen LogP) is 7.58. The maximum absolute atomic E-state index is 13.3. The summed E-state index contributed by atoms with van der Waals surface area (Å²) in [5, 5.41) is 0. The Hall–Kier alpha value is -1.89. The first-order chi connectivity index (χ1) is 14.1. The van der Waals surface area contributed by atoms with Crippen LogP contribution >= 0.6 is 0 Å². The molecule has 2 fully saturated rings. The number of carbonyl (C=O) groups excluding carboxylic acids is 1. The molecule has 1 atom stereocenters. The zero-order chi connectivity index (χ0) is 20.2. The van der Waals surface area contributed by atoms with Gasteiger partial charge in [0.2, 0.25) is 0 Å². The summed E-state index contributed by atoms with van der Waals surface area (Å²) in [5.41, 5.74) is 6.05. The summed E-state index contributed by atoms with van der Waals surface area (Å²) < 4.78 is 0. The van der Waals surface area contributed by atoms with Gasteiger partial charge in [0.05, 0.1) is 0 Å². The van der Waals surface area contributed by atoms with Crippen LogP contribution < -0.4 is 0 Å². The van der Waals surface area contributed by atoms with E-state index >= 15 is 0 Å². The third-order valence-corrected chi connectivity index (χ3v) is 7.26. The van der Waals surface area contributed by atoms with E-state index in [2.05, 4.69) is 56.3 Å². The van der Waals surface area contributed by atoms with Crippen molar-refractivity contribution in [3.05, 3.63) is 70.3 Å².